The summed E-state index contributed by atoms with van der Waals surface area (Å²) in [5.74, 6) is 3.34. The van der Waals surface area contributed by atoms with Crippen molar-refractivity contribution in [3.8, 4) is 17.2 Å². The lowest BCUT2D eigenvalue weighted by Crippen LogP contribution is -2.25. The number of benzene rings is 2. The standard InChI is InChI=1S/C25H19F3N4O3/c26-25(27,28)11-1-4-15-16(9-11)31-24(30-15)21-20-14-10-12(2-5-17(14)35-22(20)21)34-18-7-8-29-23-13(18)3-6-19(33)32-23/h1-2,4-5,7-10,19-22,33H,3,6H2,(H,29,32)(H,30,31). The molecule has 7 rings (SSSR count). The van der Waals surface area contributed by atoms with Crippen molar-refractivity contribution in [2.45, 2.75) is 43.2 Å². The van der Waals surface area contributed by atoms with Crippen LogP contribution in [0.3, 0.4) is 0 Å². The van der Waals surface area contributed by atoms with E-state index >= 15 is 0 Å². The van der Waals surface area contributed by atoms with Crippen LogP contribution in [0.4, 0.5) is 19.0 Å². The zero-order valence-corrected chi connectivity index (χ0v) is 18.1. The number of nitrogens with zero attached hydrogens (tertiary/aromatic N) is 2. The van der Waals surface area contributed by atoms with Gasteiger partial charge in [-0.1, -0.05) is 0 Å². The fourth-order valence-electron chi connectivity index (χ4n) is 5.17. The van der Waals surface area contributed by atoms with Crippen LogP contribution in [0.5, 0.6) is 17.2 Å². The quantitative estimate of drug-likeness (QED) is 0.379. The maximum atomic E-state index is 13.1. The maximum Gasteiger partial charge on any atom is 0.416 e. The van der Waals surface area contributed by atoms with Gasteiger partial charge in [-0.05, 0) is 55.3 Å². The highest BCUT2D eigenvalue weighted by molar-refractivity contribution is 5.76. The van der Waals surface area contributed by atoms with Crippen LogP contribution in [0.2, 0.25) is 0 Å². The molecule has 10 heteroatoms. The number of rotatable bonds is 3. The number of aromatic nitrogens is 3. The molecule has 2 aromatic carbocycles. The van der Waals surface area contributed by atoms with Crippen molar-refractivity contribution in [1.82, 2.24) is 15.0 Å². The highest BCUT2D eigenvalue weighted by Crippen LogP contribution is 2.63. The molecule has 4 unspecified atom stereocenters. The maximum absolute atomic E-state index is 13.1. The molecule has 4 aromatic rings. The van der Waals surface area contributed by atoms with Gasteiger partial charge in [0.15, 0.2) is 0 Å². The molecule has 178 valence electrons. The molecule has 7 nitrogen and oxygen atoms in total. The van der Waals surface area contributed by atoms with E-state index in [9.17, 15) is 18.3 Å². The van der Waals surface area contributed by atoms with Crippen LogP contribution in [0.1, 0.15) is 40.8 Å². The molecule has 4 heterocycles. The summed E-state index contributed by atoms with van der Waals surface area (Å²) in [7, 11) is 0. The summed E-state index contributed by atoms with van der Waals surface area (Å²) < 4.78 is 51.5. The second-order valence-electron chi connectivity index (χ2n) is 9.12. The van der Waals surface area contributed by atoms with Gasteiger partial charge in [0.1, 0.15) is 41.2 Å². The summed E-state index contributed by atoms with van der Waals surface area (Å²) in [5, 5.41) is 12.8. The number of anilines is 1. The third kappa shape index (κ3) is 3.31. The Morgan fingerprint density at radius 3 is 2.83 bits per heavy atom. The number of nitrogens with one attached hydrogen (secondary N) is 2. The lowest BCUT2D eigenvalue weighted by atomic mass is 10.1. The van der Waals surface area contributed by atoms with Gasteiger partial charge in [0.05, 0.1) is 22.5 Å². The lowest BCUT2D eigenvalue weighted by Gasteiger charge is -2.23. The van der Waals surface area contributed by atoms with Gasteiger partial charge in [-0.15, -0.1) is 0 Å². The Morgan fingerprint density at radius 1 is 1.09 bits per heavy atom. The zero-order valence-electron chi connectivity index (χ0n) is 18.1. The van der Waals surface area contributed by atoms with Crippen molar-refractivity contribution in [2.24, 2.45) is 0 Å². The largest absolute Gasteiger partial charge is 0.489 e. The Hall–Kier alpha value is -3.79. The number of fused-ring (bicyclic) bond motifs is 5. The molecule has 2 aromatic heterocycles. The van der Waals surface area contributed by atoms with Gasteiger partial charge < -0.3 is 24.9 Å². The average molecular weight is 480 g/mol. The molecule has 2 aliphatic heterocycles. The minimum Gasteiger partial charge on any atom is -0.489 e. The molecule has 0 bridgehead atoms. The Bertz CT molecular complexity index is 1480. The summed E-state index contributed by atoms with van der Waals surface area (Å²) in [4.78, 5) is 11.9. The molecule has 3 aliphatic rings. The van der Waals surface area contributed by atoms with Gasteiger partial charge in [0, 0.05) is 23.2 Å². The Kier molecular flexibility index (Phi) is 4.18. The number of H-pyrrole nitrogens is 1. The SMILES string of the molecule is OC1CCc2c(Oc3ccc4c(c3)C3C(O4)C3c3nc4ccc(C(F)(F)F)cc4[nH]3)ccnc2N1. The summed E-state index contributed by atoms with van der Waals surface area (Å²) in [6, 6.07) is 11.0. The number of aliphatic hydroxyl groups excluding tert-OH is 1. The molecule has 1 fully saturated rings. The Balaban J connectivity index is 1.15. The molecule has 3 N–H and O–H groups in total. The number of hydrogen-bond donors (Lipinski definition) is 3. The average Bonchev–Trinajstić information content (AvgIpc) is 3.18. The van der Waals surface area contributed by atoms with E-state index < -0.39 is 18.0 Å². The van der Waals surface area contributed by atoms with E-state index in [1.165, 1.54) is 6.07 Å². The fourth-order valence-corrected chi connectivity index (χ4v) is 5.17. The van der Waals surface area contributed by atoms with E-state index in [2.05, 4.69) is 20.3 Å². The topological polar surface area (TPSA) is 92.3 Å². The Morgan fingerprint density at radius 2 is 1.97 bits per heavy atom. The van der Waals surface area contributed by atoms with Gasteiger partial charge in [0.25, 0.3) is 0 Å². The molecular formula is C25H19F3N4O3. The predicted molar refractivity (Wildman–Crippen MR) is 120 cm³/mol. The molecule has 0 amide bonds. The molecular weight excluding hydrogens is 461 g/mol. The van der Waals surface area contributed by atoms with Crippen molar-refractivity contribution in [1.29, 1.82) is 0 Å². The second kappa shape index (κ2) is 7.11. The molecule has 35 heavy (non-hydrogen) atoms. The summed E-state index contributed by atoms with van der Waals surface area (Å²) >= 11 is 0. The van der Waals surface area contributed by atoms with Gasteiger partial charge in [-0.25, -0.2) is 9.97 Å². The fraction of sp³-hybridized carbons (Fsp3) is 0.280. The molecule has 0 saturated heterocycles. The van der Waals surface area contributed by atoms with E-state index in [4.69, 9.17) is 9.47 Å². The van der Waals surface area contributed by atoms with Gasteiger partial charge >= 0.3 is 6.18 Å². The van der Waals surface area contributed by atoms with E-state index in [1.54, 1.807) is 12.3 Å². The normalized spacial score (nSPS) is 24.2. The first-order valence-electron chi connectivity index (χ1n) is 11.3. The van der Waals surface area contributed by atoms with Gasteiger partial charge in [-0.3, -0.25) is 0 Å². The predicted octanol–water partition coefficient (Wildman–Crippen LogP) is 5.09. The smallest absolute Gasteiger partial charge is 0.416 e. The molecule has 4 atom stereocenters. The number of aliphatic hydroxyl groups is 1. The molecule has 0 spiro atoms. The van der Waals surface area contributed by atoms with E-state index in [0.29, 0.717) is 47.0 Å². The van der Waals surface area contributed by atoms with Crippen LogP contribution >= 0.6 is 0 Å². The number of ether oxygens (including phenoxy) is 2. The van der Waals surface area contributed by atoms with Crippen LogP contribution in [-0.2, 0) is 12.6 Å². The highest BCUT2D eigenvalue weighted by Gasteiger charge is 2.61. The molecule has 1 aliphatic carbocycles. The second-order valence-corrected chi connectivity index (χ2v) is 9.12. The van der Waals surface area contributed by atoms with E-state index in [1.807, 2.05) is 18.2 Å². The number of halogens is 3. The third-order valence-corrected chi connectivity index (χ3v) is 6.91. The van der Waals surface area contributed by atoms with E-state index in [0.717, 1.165) is 29.0 Å². The first-order chi connectivity index (χ1) is 16.8. The lowest BCUT2D eigenvalue weighted by molar-refractivity contribution is -0.137. The summed E-state index contributed by atoms with van der Waals surface area (Å²) in [5.41, 5.74) is 2.06. The van der Waals surface area contributed by atoms with Crippen molar-refractivity contribution in [3.05, 3.63) is 71.2 Å². The van der Waals surface area contributed by atoms with Gasteiger partial charge in [0.2, 0.25) is 0 Å². The number of aromatic amines is 1. The number of hydrogen-bond acceptors (Lipinski definition) is 6. The number of imidazole rings is 1. The van der Waals surface area contributed by atoms with Crippen LogP contribution in [0, 0.1) is 0 Å². The highest BCUT2D eigenvalue weighted by atomic mass is 19.4. The van der Waals surface area contributed by atoms with Crippen LogP contribution in [-0.4, -0.2) is 32.4 Å². The van der Waals surface area contributed by atoms with Crippen molar-refractivity contribution >= 4 is 16.9 Å². The minimum absolute atomic E-state index is 0.0550. The molecule has 1 saturated carbocycles. The molecule has 0 radical (unpaired) electrons. The summed E-state index contributed by atoms with van der Waals surface area (Å²) in [6.07, 6.45) is -2.28. The van der Waals surface area contributed by atoms with E-state index in [-0.39, 0.29) is 17.9 Å². The van der Waals surface area contributed by atoms with Crippen molar-refractivity contribution in [2.75, 3.05) is 5.32 Å². The van der Waals surface area contributed by atoms with Crippen molar-refractivity contribution in [3.63, 3.8) is 0 Å². The van der Waals surface area contributed by atoms with Crippen LogP contribution in [0.15, 0.2) is 48.7 Å². The van der Waals surface area contributed by atoms with Gasteiger partial charge in [-0.2, -0.15) is 13.2 Å². The monoisotopic (exact) mass is 480 g/mol. The third-order valence-electron chi connectivity index (χ3n) is 6.91. The minimum atomic E-state index is -4.40. The zero-order chi connectivity index (χ0) is 23.9. The first-order valence-corrected chi connectivity index (χ1v) is 11.3. The van der Waals surface area contributed by atoms with Crippen molar-refractivity contribution < 1.29 is 27.8 Å². The van der Waals surface area contributed by atoms with Crippen LogP contribution < -0.4 is 14.8 Å². The first kappa shape index (κ1) is 20.6. The summed E-state index contributed by atoms with van der Waals surface area (Å²) in [6.45, 7) is 0. The number of pyridine rings is 1. The Labute approximate surface area is 196 Å². The van der Waals surface area contributed by atoms with Crippen LogP contribution in [0.25, 0.3) is 11.0 Å². The number of alkyl halides is 3.